The number of nitrogens with zero attached hydrogens (tertiary/aromatic N) is 2. The molecule has 0 aromatic carbocycles. The second-order valence-electron chi connectivity index (χ2n) is 13.1. The maximum absolute atomic E-state index is 12.2. The number of hydrogen-bond donors (Lipinski definition) is 3. The Bertz CT molecular complexity index is 1140. The van der Waals surface area contributed by atoms with Gasteiger partial charge in [0.2, 0.25) is 0 Å². The Labute approximate surface area is 232 Å². The summed E-state index contributed by atoms with van der Waals surface area (Å²) in [5.74, 6) is 2.43. The summed E-state index contributed by atoms with van der Waals surface area (Å²) in [6.07, 6.45) is 10.8. The number of carbonyl (C=O) groups is 1. The van der Waals surface area contributed by atoms with Crippen molar-refractivity contribution in [2.24, 2.45) is 46.3 Å². The van der Waals surface area contributed by atoms with Crippen LogP contribution >= 0.6 is 0 Å². The van der Waals surface area contributed by atoms with Crippen molar-refractivity contribution in [3.63, 3.8) is 0 Å². The van der Waals surface area contributed by atoms with E-state index in [4.69, 9.17) is 4.74 Å². The fourth-order valence-corrected chi connectivity index (χ4v) is 10.4. The maximum Gasteiger partial charge on any atom is 0.421 e. The summed E-state index contributed by atoms with van der Waals surface area (Å²) in [5, 5.41) is 21.8. The fraction of sp³-hybridized carbons (Fsp3) is 0.828. The predicted molar refractivity (Wildman–Crippen MR) is 145 cm³/mol. The van der Waals surface area contributed by atoms with Gasteiger partial charge in [-0.2, -0.15) is 8.42 Å². The van der Waals surface area contributed by atoms with Gasteiger partial charge in [0, 0.05) is 12.4 Å². The highest BCUT2D eigenvalue weighted by Gasteiger charge is 2.64. The van der Waals surface area contributed by atoms with Gasteiger partial charge in [-0.15, -0.1) is 0 Å². The predicted octanol–water partition coefficient (Wildman–Crippen LogP) is 4.30. The summed E-state index contributed by atoms with van der Waals surface area (Å²) in [7, 11) is -4.16. The molecule has 4 saturated carbocycles. The van der Waals surface area contributed by atoms with Crippen LogP contribution in [0.4, 0.5) is 4.79 Å². The van der Waals surface area contributed by atoms with Gasteiger partial charge >= 0.3 is 16.1 Å². The fourth-order valence-electron chi connectivity index (χ4n) is 9.64. The summed E-state index contributed by atoms with van der Waals surface area (Å²) in [4.78, 5) is 19.5. The Morgan fingerprint density at radius 3 is 2.46 bits per heavy atom. The molecule has 4 aliphatic carbocycles. The van der Waals surface area contributed by atoms with Crippen molar-refractivity contribution in [1.82, 2.24) is 14.7 Å². The quantitative estimate of drug-likeness (QED) is 0.330. The molecule has 0 radical (unpaired) electrons. The third kappa shape index (κ3) is 5.10. The second-order valence-corrected chi connectivity index (χ2v) is 14.7. The topological polar surface area (TPSA) is 139 Å². The van der Waals surface area contributed by atoms with E-state index >= 15 is 0 Å². The van der Waals surface area contributed by atoms with Crippen LogP contribution in [0.25, 0.3) is 0 Å². The number of amides is 1. The highest BCUT2D eigenvalue weighted by molar-refractivity contribution is 7.89. The van der Waals surface area contributed by atoms with Crippen LogP contribution in [-0.2, 0) is 14.8 Å². The van der Waals surface area contributed by atoms with Crippen LogP contribution in [0.1, 0.15) is 85.0 Å². The Morgan fingerprint density at radius 1 is 1.05 bits per heavy atom. The minimum atomic E-state index is -4.16. The lowest BCUT2D eigenvalue weighted by Gasteiger charge is -2.64. The van der Waals surface area contributed by atoms with Gasteiger partial charge in [0.25, 0.3) is 5.16 Å². The molecule has 4 fully saturated rings. The van der Waals surface area contributed by atoms with E-state index in [-0.39, 0.29) is 35.6 Å². The first-order valence-corrected chi connectivity index (χ1v) is 16.3. The SMILES string of the molecule is CC[C@H]1[C@@H](O)[C@@H]2[C@H](CC[C@]3(C)[C@@H](CCCOC(=O)NS(=O)(=O)c4ncccn4)CC[C@@H]23)[C@@]2(C)CC[C@@H](O)C[C@@H]12. The van der Waals surface area contributed by atoms with Crippen LogP contribution in [0.3, 0.4) is 0 Å². The number of hydrogen-bond acceptors (Lipinski definition) is 8. The van der Waals surface area contributed by atoms with Crippen molar-refractivity contribution in [3.8, 4) is 0 Å². The standard InChI is InChI=1S/C29H45N3O6S/c1-4-20-23-17-19(33)10-12-29(23,3)22-11-13-28(2)18(8-9-21(28)24(22)25(20)34)7-5-16-38-27(35)32-39(36,37)26-30-14-6-15-31-26/h6,14-15,18-25,33-34H,4-5,7-13,16-17H2,1-3H3,(H,32,35)/t18-,19+,20+,21-,22-,23-,24-,25+,28+,29+/m0/s1. The molecule has 1 amide bonds. The van der Waals surface area contributed by atoms with Crippen LogP contribution in [-0.4, -0.2) is 53.5 Å². The number of aliphatic hydroxyl groups excluding tert-OH is 2. The van der Waals surface area contributed by atoms with Crippen LogP contribution in [0, 0.1) is 46.3 Å². The highest BCUT2D eigenvalue weighted by Crippen LogP contribution is 2.69. The van der Waals surface area contributed by atoms with Gasteiger partial charge in [-0.1, -0.05) is 27.2 Å². The Hall–Kier alpha value is -1.78. The molecule has 10 atom stereocenters. The van der Waals surface area contributed by atoms with Crippen molar-refractivity contribution >= 4 is 16.1 Å². The number of aromatic nitrogens is 2. The largest absolute Gasteiger partial charge is 0.449 e. The molecule has 4 aliphatic rings. The number of fused-ring (bicyclic) bond motifs is 5. The molecule has 3 N–H and O–H groups in total. The van der Waals surface area contributed by atoms with Crippen molar-refractivity contribution in [3.05, 3.63) is 18.5 Å². The van der Waals surface area contributed by atoms with Crippen LogP contribution in [0.2, 0.25) is 0 Å². The lowest BCUT2D eigenvalue weighted by atomic mass is 9.41. The van der Waals surface area contributed by atoms with E-state index in [0.717, 1.165) is 57.8 Å². The third-order valence-electron chi connectivity index (χ3n) is 11.5. The van der Waals surface area contributed by atoms with Crippen molar-refractivity contribution in [2.75, 3.05) is 6.61 Å². The molecule has 0 saturated heterocycles. The van der Waals surface area contributed by atoms with Crippen molar-refractivity contribution in [2.45, 2.75) is 102 Å². The van der Waals surface area contributed by atoms with Gasteiger partial charge in [0.15, 0.2) is 0 Å². The van der Waals surface area contributed by atoms with Crippen molar-refractivity contribution < 1.29 is 28.2 Å². The third-order valence-corrected chi connectivity index (χ3v) is 12.6. The summed E-state index contributed by atoms with van der Waals surface area (Å²) >= 11 is 0. The van der Waals surface area contributed by atoms with Gasteiger partial charge in [-0.3, -0.25) is 0 Å². The second kappa shape index (κ2) is 10.9. The Morgan fingerprint density at radius 2 is 1.74 bits per heavy atom. The molecule has 5 rings (SSSR count). The molecule has 0 bridgehead atoms. The van der Waals surface area contributed by atoms with Crippen LogP contribution in [0.5, 0.6) is 0 Å². The van der Waals surface area contributed by atoms with E-state index in [9.17, 15) is 23.4 Å². The number of carbonyl (C=O) groups excluding carboxylic acids is 1. The molecule has 1 aromatic rings. The first kappa shape index (κ1) is 28.7. The lowest BCUT2D eigenvalue weighted by Crippen LogP contribution is -2.62. The van der Waals surface area contributed by atoms with Gasteiger partial charge in [0.05, 0.1) is 18.8 Å². The van der Waals surface area contributed by atoms with E-state index in [1.54, 1.807) is 0 Å². The summed E-state index contributed by atoms with van der Waals surface area (Å²) < 4.78 is 31.5. The number of sulfonamides is 1. The Kier molecular flexibility index (Phi) is 8.03. The average Bonchev–Trinajstić information content (AvgIpc) is 3.24. The van der Waals surface area contributed by atoms with Gasteiger partial charge < -0.3 is 14.9 Å². The first-order valence-electron chi connectivity index (χ1n) is 14.8. The summed E-state index contributed by atoms with van der Waals surface area (Å²) in [6, 6.07) is 1.49. The summed E-state index contributed by atoms with van der Waals surface area (Å²) in [5.41, 5.74) is 0.337. The van der Waals surface area contributed by atoms with Crippen LogP contribution < -0.4 is 4.72 Å². The zero-order valence-electron chi connectivity index (χ0n) is 23.5. The molecule has 10 heteroatoms. The first-order chi connectivity index (χ1) is 18.5. The number of ether oxygens (including phenoxy) is 1. The molecule has 1 heterocycles. The number of aliphatic hydroxyl groups is 2. The van der Waals surface area contributed by atoms with Gasteiger partial charge in [0.1, 0.15) is 0 Å². The number of nitrogens with one attached hydrogen (secondary N) is 1. The minimum Gasteiger partial charge on any atom is -0.449 e. The molecule has 218 valence electrons. The minimum absolute atomic E-state index is 0.142. The van der Waals surface area contributed by atoms with Crippen molar-refractivity contribution in [1.29, 1.82) is 0 Å². The molecule has 0 spiro atoms. The monoisotopic (exact) mass is 563 g/mol. The highest BCUT2D eigenvalue weighted by atomic mass is 32.2. The molecule has 0 aliphatic heterocycles. The van der Waals surface area contributed by atoms with E-state index in [2.05, 4.69) is 30.7 Å². The Balaban J connectivity index is 1.19. The average molecular weight is 564 g/mol. The number of rotatable bonds is 7. The van der Waals surface area contributed by atoms with E-state index in [1.165, 1.54) is 18.5 Å². The zero-order valence-corrected chi connectivity index (χ0v) is 24.3. The summed E-state index contributed by atoms with van der Waals surface area (Å²) in [6.45, 7) is 7.21. The van der Waals surface area contributed by atoms with E-state index in [0.29, 0.717) is 36.0 Å². The van der Waals surface area contributed by atoms with E-state index < -0.39 is 21.3 Å². The molecule has 1 aromatic heterocycles. The van der Waals surface area contributed by atoms with E-state index in [1.807, 2.05) is 4.72 Å². The van der Waals surface area contributed by atoms with Gasteiger partial charge in [-0.05, 0) is 110 Å². The van der Waals surface area contributed by atoms with Crippen LogP contribution in [0.15, 0.2) is 23.6 Å². The van der Waals surface area contributed by atoms with Gasteiger partial charge in [-0.25, -0.2) is 19.5 Å². The zero-order chi connectivity index (χ0) is 28.0. The molecular formula is C29H45N3O6S. The molecular weight excluding hydrogens is 518 g/mol. The molecule has 9 nitrogen and oxygen atoms in total. The smallest absolute Gasteiger partial charge is 0.421 e. The normalized spacial score (nSPS) is 41.7. The molecule has 0 unspecified atom stereocenters. The lowest BCUT2D eigenvalue weighted by molar-refractivity contribution is -0.202. The molecule has 39 heavy (non-hydrogen) atoms. The maximum atomic E-state index is 12.2.